The maximum absolute atomic E-state index is 13.3. The van der Waals surface area contributed by atoms with Gasteiger partial charge in [0.15, 0.2) is 11.5 Å². The molecular weight excluding hydrogens is 440 g/mol. The molecule has 0 aliphatic rings. The van der Waals surface area contributed by atoms with Gasteiger partial charge in [-0.1, -0.05) is 36.7 Å². The van der Waals surface area contributed by atoms with Crippen molar-refractivity contribution in [2.24, 2.45) is 0 Å². The van der Waals surface area contributed by atoms with Crippen molar-refractivity contribution in [3.05, 3.63) is 58.6 Å². The summed E-state index contributed by atoms with van der Waals surface area (Å²) in [5.74, 6) is 1.11. The van der Waals surface area contributed by atoms with Crippen LogP contribution in [0.1, 0.15) is 51.7 Å². The van der Waals surface area contributed by atoms with Crippen LogP contribution in [-0.4, -0.2) is 42.5 Å². The lowest BCUT2D eigenvalue weighted by molar-refractivity contribution is -0.140. The largest absolute Gasteiger partial charge is 0.490 e. The second-order valence-electron chi connectivity index (χ2n) is 7.77. The zero-order valence-electron chi connectivity index (χ0n) is 20.0. The topological polar surface area (TPSA) is 67.9 Å². The molecule has 0 saturated heterocycles. The maximum atomic E-state index is 13.3. The summed E-state index contributed by atoms with van der Waals surface area (Å²) >= 11 is 6.13. The number of hydrogen-bond acceptors (Lipinski definition) is 4. The Morgan fingerprint density at radius 2 is 1.73 bits per heavy atom. The number of carbonyl (C=O) groups excluding carboxylic acids is 2. The third-order valence-electron chi connectivity index (χ3n) is 5.19. The fourth-order valence-electron chi connectivity index (χ4n) is 3.46. The van der Waals surface area contributed by atoms with Gasteiger partial charge in [-0.15, -0.1) is 0 Å². The van der Waals surface area contributed by atoms with Gasteiger partial charge in [0, 0.05) is 24.5 Å². The van der Waals surface area contributed by atoms with E-state index < -0.39 is 6.04 Å². The van der Waals surface area contributed by atoms with Crippen molar-refractivity contribution in [2.45, 2.75) is 59.5 Å². The van der Waals surface area contributed by atoms with E-state index in [1.165, 1.54) is 0 Å². The van der Waals surface area contributed by atoms with E-state index in [1.54, 1.807) is 17.9 Å². The Kier molecular flexibility index (Phi) is 11.0. The molecule has 33 heavy (non-hydrogen) atoms. The lowest BCUT2D eigenvalue weighted by atomic mass is 10.1. The highest BCUT2D eigenvalue weighted by Crippen LogP contribution is 2.29. The zero-order chi connectivity index (χ0) is 24.2. The Morgan fingerprint density at radius 1 is 1.00 bits per heavy atom. The molecule has 0 heterocycles. The van der Waals surface area contributed by atoms with Gasteiger partial charge in [-0.25, -0.2) is 0 Å². The van der Waals surface area contributed by atoms with Crippen LogP contribution in [-0.2, 0) is 22.6 Å². The molecule has 0 fully saturated rings. The molecule has 7 heteroatoms. The summed E-state index contributed by atoms with van der Waals surface area (Å²) in [6.07, 6.45) is 1.63. The van der Waals surface area contributed by atoms with E-state index in [4.69, 9.17) is 21.1 Å². The van der Waals surface area contributed by atoms with Crippen LogP contribution in [0.4, 0.5) is 0 Å². The Morgan fingerprint density at radius 3 is 2.39 bits per heavy atom. The molecule has 0 aromatic heterocycles. The average molecular weight is 475 g/mol. The quantitative estimate of drug-likeness (QED) is 0.443. The van der Waals surface area contributed by atoms with E-state index in [2.05, 4.69) is 5.32 Å². The zero-order valence-corrected chi connectivity index (χ0v) is 20.8. The highest BCUT2D eigenvalue weighted by Gasteiger charge is 2.26. The lowest BCUT2D eigenvalue weighted by Gasteiger charge is -2.29. The minimum absolute atomic E-state index is 0.0963. The van der Waals surface area contributed by atoms with Crippen LogP contribution < -0.4 is 14.8 Å². The van der Waals surface area contributed by atoms with E-state index in [0.29, 0.717) is 49.2 Å². The van der Waals surface area contributed by atoms with Crippen LogP contribution >= 0.6 is 11.6 Å². The van der Waals surface area contributed by atoms with E-state index in [1.807, 2.05) is 57.2 Å². The number of nitrogens with one attached hydrogen (secondary N) is 1. The summed E-state index contributed by atoms with van der Waals surface area (Å²) in [5, 5.41) is 3.49. The molecule has 0 radical (unpaired) electrons. The Balaban J connectivity index is 2.16. The van der Waals surface area contributed by atoms with Gasteiger partial charge >= 0.3 is 0 Å². The van der Waals surface area contributed by atoms with Gasteiger partial charge in [0.1, 0.15) is 6.04 Å². The highest BCUT2D eigenvalue weighted by atomic mass is 35.5. The molecule has 2 amide bonds. The smallest absolute Gasteiger partial charge is 0.242 e. The van der Waals surface area contributed by atoms with Crippen molar-refractivity contribution < 1.29 is 19.1 Å². The van der Waals surface area contributed by atoms with Crippen LogP contribution in [0, 0.1) is 0 Å². The van der Waals surface area contributed by atoms with Crippen molar-refractivity contribution in [3.63, 3.8) is 0 Å². The predicted molar refractivity (Wildman–Crippen MR) is 132 cm³/mol. The summed E-state index contributed by atoms with van der Waals surface area (Å²) in [6, 6.07) is 12.5. The Labute approximate surface area is 202 Å². The molecule has 1 N–H and O–H groups in total. The first-order valence-corrected chi connectivity index (χ1v) is 12.0. The van der Waals surface area contributed by atoms with Crippen LogP contribution in [0.25, 0.3) is 0 Å². The maximum Gasteiger partial charge on any atom is 0.242 e. The third kappa shape index (κ3) is 8.28. The van der Waals surface area contributed by atoms with Crippen LogP contribution in [0.2, 0.25) is 5.02 Å². The molecule has 2 aromatic rings. The number of carbonyl (C=O) groups is 2. The number of amides is 2. The minimum atomic E-state index is -0.595. The molecule has 1 atom stereocenters. The van der Waals surface area contributed by atoms with Crippen molar-refractivity contribution in [1.29, 1.82) is 0 Å². The molecule has 180 valence electrons. The van der Waals surface area contributed by atoms with Crippen molar-refractivity contribution in [1.82, 2.24) is 10.2 Å². The predicted octanol–water partition coefficient (Wildman–Crippen LogP) is 5.01. The Hall–Kier alpha value is -2.73. The lowest BCUT2D eigenvalue weighted by Crippen LogP contribution is -2.47. The third-order valence-corrected chi connectivity index (χ3v) is 5.43. The van der Waals surface area contributed by atoms with Gasteiger partial charge in [0.25, 0.3) is 0 Å². The average Bonchev–Trinajstić information content (AvgIpc) is 2.80. The van der Waals surface area contributed by atoms with Gasteiger partial charge in [-0.2, -0.15) is 0 Å². The first-order valence-electron chi connectivity index (χ1n) is 11.6. The second-order valence-corrected chi connectivity index (χ2v) is 8.20. The van der Waals surface area contributed by atoms with E-state index in [-0.39, 0.29) is 18.2 Å². The van der Waals surface area contributed by atoms with Crippen LogP contribution in [0.3, 0.4) is 0 Å². The van der Waals surface area contributed by atoms with Crippen LogP contribution in [0.15, 0.2) is 42.5 Å². The number of nitrogens with zero attached hydrogens (tertiary/aromatic N) is 1. The Bertz CT molecular complexity index is 919. The van der Waals surface area contributed by atoms with Gasteiger partial charge in [-0.3, -0.25) is 9.59 Å². The van der Waals surface area contributed by atoms with Gasteiger partial charge < -0.3 is 19.7 Å². The molecule has 0 unspecified atom stereocenters. The molecule has 0 saturated carbocycles. The van der Waals surface area contributed by atoms with Crippen molar-refractivity contribution in [2.75, 3.05) is 19.8 Å². The summed E-state index contributed by atoms with van der Waals surface area (Å²) < 4.78 is 11.3. The van der Waals surface area contributed by atoms with Crippen LogP contribution in [0.5, 0.6) is 11.5 Å². The molecule has 0 bridgehead atoms. The number of rotatable bonds is 13. The molecule has 0 aliphatic heterocycles. The summed E-state index contributed by atoms with van der Waals surface area (Å²) in [6.45, 7) is 9.57. The molecule has 6 nitrogen and oxygen atoms in total. The molecule has 2 aromatic carbocycles. The standard InChI is InChI=1S/C26H35ClN2O4/c1-5-15-28-26(31)19(4)29(18-21-9-8-10-22(27)16-21)25(30)14-12-20-11-13-23(32-6-2)24(17-20)33-7-3/h8-11,13,16-17,19H,5-7,12,14-15,18H2,1-4H3,(H,28,31)/t19-/m0/s1. The van der Waals surface area contributed by atoms with Gasteiger partial charge in [0.05, 0.1) is 13.2 Å². The number of halogens is 1. The molecule has 0 spiro atoms. The monoisotopic (exact) mass is 474 g/mol. The fraction of sp³-hybridized carbons (Fsp3) is 0.462. The summed E-state index contributed by atoms with van der Waals surface area (Å²) in [4.78, 5) is 27.5. The highest BCUT2D eigenvalue weighted by molar-refractivity contribution is 6.30. The first kappa shape index (κ1) is 26.5. The number of ether oxygens (including phenoxy) is 2. The SMILES string of the molecule is CCCNC(=O)[C@H](C)N(Cc1cccc(Cl)c1)C(=O)CCc1ccc(OCC)c(OCC)c1. The van der Waals surface area contributed by atoms with E-state index in [9.17, 15) is 9.59 Å². The molecule has 2 rings (SSSR count). The summed E-state index contributed by atoms with van der Waals surface area (Å²) in [7, 11) is 0. The van der Waals surface area contributed by atoms with Gasteiger partial charge in [0.2, 0.25) is 11.8 Å². The van der Waals surface area contributed by atoms with E-state index >= 15 is 0 Å². The second kappa shape index (κ2) is 13.7. The number of hydrogen-bond donors (Lipinski definition) is 1. The number of benzene rings is 2. The molecule has 0 aliphatic carbocycles. The van der Waals surface area contributed by atoms with Gasteiger partial charge in [-0.05, 0) is 69.0 Å². The first-order chi connectivity index (χ1) is 15.9. The van der Waals surface area contributed by atoms with Crippen molar-refractivity contribution >= 4 is 23.4 Å². The van der Waals surface area contributed by atoms with Crippen molar-refractivity contribution in [3.8, 4) is 11.5 Å². The summed E-state index contributed by atoms with van der Waals surface area (Å²) in [5.41, 5.74) is 1.85. The fourth-order valence-corrected chi connectivity index (χ4v) is 3.67. The molecular formula is C26H35ClN2O4. The minimum Gasteiger partial charge on any atom is -0.490 e. The van der Waals surface area contributed by atoms with E-state index in [0.717, 1.165) is 17.5 Å². The normalized spacial score (nSPS) is 11.5. The number of aryl methyl sites for hydroxylation is 1.